The topological polar surface area (TPSA) is 122 Å². The zero-order chi connectivity index (χ0) is 26.0. The highest BCUT2D eigenvalue weighted by Gasteiger charge is 2.26. The highest BCUT2D eigenvalue weighted by molar-refractivity contribution is 6.34. The Morgan fingerprint density at radius 3 is 2.67 bits per heavy atom. The fourth-order valence-electron chi connectivity index (χ4n) is 3.38. The molecule has 1 atom stereocenters. The van der Waals surface area contributed by atoms with E-state index in [9.17, 15) is 19.1 Å². The van der Waals surface area contributed by atoms with Crippen LogP contribution in [-0.4, -0.2) is 47.8 Å². The summed E-state index contributed by atoms with van der Waals surface area (Å²) in [6.07, 6.45) is 3.04. The number of pyridine rings is 1. The summed E-state index contributed by atoms with van der Waals surface area (Å²) in [6, 6.07) is 4.01. The van der Waals surface area contributed by atoms with Crippen LogP contribution in [0.5, 0.6) is 17.2 Å². The van der Waals surface area contributed by atoms with Gasteiger partial charge in [0, 0.05) is 35.8 Å². The Bertz CT molecular complexity index is 1340. The molecule has 2 aromatic carbocycles. The van der Waals surface area contributed by atoms with Crippen LogP contribution in [0.2, 0.25) is 5.02 Å². The minimum atomic E-state index is -1.22. The number of halogens is 3. The molecule has 1 saturated carbocycles. The second-order valence-corrected chi connectivity index (χ2v) is 8.65. The number of aliphatic hydroxyl groups is 1. The van der Waals surface area contributed by atoms with Gasteiger partial charge >= 0.3 is 6.03 Å². The van der Waals surface area contributed by atoms with Crippen LogP contribution in [0.15, 0.2) is 30.5 Å². The molecule has 4 N–H and O–H groups in total. The minimum absolute atomic E-state index is 0.00652. The number of urea groups is 1. The highest BCUT2D eigenvalue weighted by Crippen LogP contribution is 2.39. The minimum Gasteiger partial charge on any atom is -0.496 e. The summed E-state index contributed by atoms with van der Waals surface area (Å²) in [5.74, 6) is -3.46. The molecule has 0 aliphatic heterocycles. The van der Waals surface area contributed by atoms with Gasteiger partial charge in [-0.25, -0.2) is 13.6 Å². The molecule has 3 aromatic rings. The molecule has 3 amide bonds. The van der Waals surface area contributed by atoms with Crippen molar-refractivity contribution >= 4 is 40.1 Å². The standard InChI is InChI=1S/C24H23ClF2N4O5/c1-11(10-32)29-23(33)14-7-13-16(9-19(14)35-2)28-6-5-18(13)36-22-15(26)8-17(20(25)21(22)27)31-24(34)30-12-3-4-12/h5-9,11-12,32H,3-4,10H2,1-2H3,(H,29,33)(H2,30,31,34)/t11-/m1/s1. The summed E-state index contributed by atoms with van der Waals surface area (Å²) in [6.45, 7) is 1.34. The monoisotopic (exact) mass is 520 g/mol. The fourth-order valence-corrected chi connectivity index (χ4v) is 3.56. The van der Waals surface area contributed by atoms with Crippen molar-refractivity contribution in [3.8, 4) is 17.2 Å². The van der Waals surface area contributed by atoms with Gasteiger partial charge in [0.1, 0.15) is 16.5 Å². The first kappa shape index (κ1) is 25.4. The number of hydrogen-bond donors (Lipinski definition) is 4. The van der Waals surface area contributed by atoms with Crippen molar-refractivity contribution in [1.82, 2.24) is 15.6 Å². The van der Waals surface area contributed by atoms with E-state index in [0.29, 0.717) is 5.52 Å². The van der Waals surface area contributed by atoms with Crippen LogP contribution in [-0.2, 0) is 0 Å². The van der Waals surface area contributed by atoms with Crippen molar-refractivity contribution in [2.45, 2.75) is 31.8 Å². The molecule has 1 aliphatic rings. The lowest BCUT2D eigenvalue weighted by Gasteiger charge is -2.16. The van der Waals surface area contributed by atoms with Crippen molar-refractivity contribution in [3.63, 3.8) is 0 Å². The molecule has 0 unspecified atom stereocenters. The maximum absolute atomic E-state index is 15.1. The Morgan fingerprint density at radius 1 is 1.25 bits per heavy atom. The Labute approximate surface area is 209 Å². The number of aromatic nitrogens is 1. The molecule has 9 nitrogen and oxygen atoms in total. The maximum Gasteiger partial charge on any atom is 0.319 e. The number of anilines is 1. The van der Waals surface area contributed by atoms with Crippen molar-refractivity contribution in [3.05, 3.63) is 52.7 Å². The van der Waals surface area contributed by atoms with Gasteiger partial charge in [-0.1, -0.05) is 11.6 Å². The molecule has 4 rings (SSSR count). The molecule has 0 bridgehead atoms. The molecule has 1 aromatic heterocycles. The first-order chi connectivity index (χ1) is 17.2. The predicted octanol–water partition coefficient (Wildman–Crippen LogP) is 4.36. The Balaban J connectivity index is 1.69. The van der Waals surface area contributed by atoms with E-state index in [4.69, 9.17) is 21.1 Å². The van der Waals surface area contributed by atoms with Gasteiger partial charge in [0.15, 0.2) is 17.4 Å². The molecular weight excluding hydrogens is 498 g/mol. The summed E-state index contributed by atoms with van der Waals surface area (Å²) in [5, 5.41) is 16.5. The Morgan fingerprint density at radius 2 is 2.00 bits per heavy atom. The predicted molar refractivity (Wildman–Crippen MR) is 129 cm³/mol. The fraction of sp³-hybridized carbons (Fsp3) is 0.292. The molecule has 36 heavy (non-hydrogen) atoms. The quantitative estimate of drug-likeness (QED) is 0.327. The number of carbonyl (C=O) groups is 2. The zero-order valence-electron chi connectivity index (χ0n) is 19.3. The molecule has 0 spiro atoms. The third-order valence-corrected chi connectivity index (χ3v) is 5.78. The van der Waals surface area contributed by atoms with E-state index >= 15 is 4.39 Å². The van der Waals surface area contributed by atoms with E-state index in [1.165, 1.54) is 31.5 Å². The van der Waals surface area contributed by atoms with Gasteiger partial charge in [-0.05, 0) is 31.9 Å². The van der Waals surface area contributed by atoms with Crippen LogP contribution in [0, 0.1) is 11.6 Å². The van der Waals surface area contributed by atoms with E-state index in [1.807, 2.05) is 0 Å². The van der Waals surface area contributed by atoms with Crippen LogP contribution in [0.1, 0.15) is 30.1 Å². The number of carbonyl (C=O) groups excluding carboxylic acids is 2. The lowest BCUT2D eigenvalue weighted by molar-refractivity contribution is 0.0919. The normalized spacial score (nSPS) is 13.7. The average Bonchev–Trinajstić information content (AvgIpc) is 3.67. The zero-order valence-corrected chi connectivity index (χ0v) is 20.1. The van der Waals surface area contributed by atoms with Gasteiger partial charge in [0.05, 0.1) is 30.5 Å². The van der Waals surface area contributed by atoms with Crippen LogP contribution in [0.3, 0.4) is 0 Å². The first-order valence-corrected chi connectivity index (χ1v) is 11.4. The van der Waals surface area contributed by atoms with Crippen LogP contribution < -0.4 is 25.4 Å². The summed E-state index contributed by atoms with van der Waals surface area (Å²) < 4.78 is 40.8. The van der Waals surface area contributed by atoms with Gasteiger partial charge in [-0.15, -0.1) is 0 Å². The number of nitrogens with one attached hydrogen (secondary N) is 3. The van der Waals surface area contributed by atoms with E-state index in [2.05, 4.69) is 20.9 Å². The number of ether oxygens (including phenoxy) is 2. The second-order valence-electron chi connectivity index (χ2n) is 8.27. The third kappa shape index (κ3) is 5.42. The van der Waals surface area contributed by atoms with Gasteiger partial charge in [-0.3, -0.25) is 9.78 Å². The first-order valence-electron chi connectivity index (χ1n) is 11.0. The number of rotatable bonds is 8. The van der Waals surface area contributed by atoms with Crippen LogP contribution in [0.25, 0.3) is 10.9 Å². The number of methoxy groups -OCH3 is 1. The van der Waals surface area contributed by atoms with Gasteiger partial charge in [0.2, 0.25) is 0 Å². The number of benzene rings is 2. The van der Waals surface area contributed by atoms with Gasteiger partial charge in [0.25, 0.3) is 5.91 Å². The third-order valence-electron chi connectivity index (χ3n) is 5.41. The Hall–Kier alpha value is -3.70. The molecule has 0 saturated heterocycles. The van der Waals surface area contributed by atoms with Gasteiger partial charge in [-0.2, -0.15) is 0 Å². The highest BCUT2D eigenvalue weighted by atomic mass is 35.5. The van der Waals surface area contributed by atoms with Crippen LogP contribution >= 0.6 is 11.6 Å². The largest absolute Gasteiger partial charge is 0.496 e. The van der Waals surface area contributed by atoms with E-state index in [0.717, 1.165) is 18.9 Å². The van der Waals surface area contributed by atoms with Gasteiger partial charge < -0.3 is 30.5 Å². The van der Waals surface area contributed by atoms with Crippen molar-refractivity contribution < 1.29 is 33.0 Å². The molecule has 1 aliphatic carbocycles. The lowest BCUT2D eigenvalue weighted by Crippen LogP contribution is -2.35. The van der Waals surface area contributed by atoms with Crippen LogP contribution in [0.4, 0.5) is 19.3 Å². The molecule has 12 heteroatoms. The molecule has 0 radical (unpaired) electrons. The van der Waals surface area contributed by atoms with Crippen molar-refractivity contribution in [2.24, 2.45) is 0 Å². The number of hydrogen-bond acceptors (Lipinski definition) is 6. The van der Waals surface area contributed by atoms with E-state index < -0.39 is 40.4 Å². The summed E-state index contributed by atoms with van der Waals surface area (Å²) >= 11 is 6.05. The Kier molecular flexibility index (Phi) is 7.41. The number of amides is 3. The maximum atomic E-state index is 15.1. The van der Waals surface area contributed by atoms with E-state index in [-0.39, 0.29) is 40.8 Å². The summed E-state index contributed by atoms with van der Waals surface area (Å²) in [5.41, 5.74) is 0.180. The summed E-state index contributed by atoms with van der Waals surface area (Å²) in [4.78, 5) is 28.9. The summed E-state index contributed by atoms with van der Waals surface area (Å²) in [7, 11) is 1.38. The molecular formula is C24H23ClF2N4O5. The molecule has 1 fully saturated rings. The van der Waals surface area contributed by atoms with Crippen molar-refractivity contribution in [2.75, 3.05) is 19.0 Å². The lowest BCUT2D eigenvalue weighted by atomic mass is 10.1. The number of aliphatic hydroxyl groups excluding tert-OH is 1. The number of fused-ring (bicyclic) bond motifs is 1. The smallest absolute Gasteiger partial charge is 0.319 e. The SMILES string of the molecule is COc1cc2nccc(Oc3c(F)cc(NC(=O)NC4CC4)c(Cl)c3F)c2cc1C(=O)N[C@H](C)CO. The van der Waals surface area contributed by atoms with E-state index in [1.54, 1.807) is 6.92 Å². The van der Waals surface area contributed by atoms with Crippen molar-refractivity contribution in [1.29, 1.82) is 0 Å². The second kappa shape index (κ2) is 10.5. The molecule has 190 valence electrons. The molecule has 1 heterocycles. The number of nitrogens with zero attached hydrogens (tertiary/aromatic N) is 1. The average molecular weight is 521 g/mol.